The van der Waals surface area contributed by atoms with E-state index in [0.29, 0.717) is 12.5 Å². The second kappa shape index (κ2) is 6.85. The van der Waals surface area contributed by atoms with Gasteiger partial charge in [0, 0.05) is 11.6 Å². The third-order valence-electron chi connectivity index (χ3n) is 1.58. The van der Waals surface area contributed by atoms with Crippen molar-refractivity contribution in [3.05, 3.63) is 10.4 Å². The number of azide groups is 1. The van der Waals surface area contributed by atoms with Crippen molar-refractivity contribution in [2.45, 2.75) is 20.0 Å². The van der Waals surface area contributed by atoms with Crippen LogP contribution in [0.15, 0.2) is 5.11 Å². The van der Waals surface area contributed by atoms with Crippen LogP contribution in [0.2, 0.25) is 0 Å². The molecule has 1 N–H and O–H groups in total. The van der Waals surface area contributed by atoms with Crippen LogP contribution in [0.5, 0.6) is 0 Å². The molecule has 0 aromatic carbocycles. The Morgan fingerprint density at radius 3 is 2.67 bits per heavy atom. The molecule has 15 heavy (non-hydrogen) atoms. The highest BCUT2D eigenvalue weighted by atomic mass is 31.2. The van der Waals surface area contributed by atoms with Crippen molar-refractivity contribution in [2.75, 3.05) is 26.0 Å². The van der Waals surface area contributed by atoms with Crippen LogP contribution < -0.4 is 0 Å². The SMILES string of the molecule is CC(C)COP(C)(=O)C[C@H](O)CN=[N+]=[N-]. The minimum Gasteiger partial charge on any atom is -0.392 e. The van der Waals surface area contributed by atoms with Crippen LogP contribution in [0.25, 0.3) is 10.4 Å². The lowest BCUT2D eigenvalue weighted by Crippen LogP contribution is -2.17. The molecule has 0 saturated heterocycles. The van der Waals surface area contributed by atoms with Gasteiger partial charge in [-0.15, -0.1) is 0 Å². The van der Waals surface area contributed by atoms with Gasteiger partial charge in [0.05, 0.1) is 25.4 Å². The summed E-state index contributed by atoms with van der Waals surface area (Å²) in [6, 6.07) is 0. The van der Waals surface area contributed by atoms with E-state index in [1.54, 1.807) is 0 Å². The summed E-state index contributed by atoms with van der Waals surface area (Å²) in [6.07, 6.45) is -0.873. The van der Waals surface area contributed by atoms with E-state index in [1.807, 2.05) is 13.8 Å². The maximum Gasteiger partial charge on any atom is 0.202 e. The highest BCUT2D eigenvalue weighted by molar-refractivity contribution is 7.58. The Balaban J connectivity index is 4.01. The first-order valence-electron chi connectivity index (χ1n) is 4.77. The Kier molecular flexibility index (Phi) is 6.61. The number of aliphatic hydroxyl groups excluding tert-OH is 1. The zero-order chi connectivity index (χ0) is 11.9. The van der Waals surface area contributed by atoms with Gasteiger partial charge in [0.1, 0.15) is 0 Å². The molecule has 0 rings (SSSR count). The van der Waals surface area contributed by atoms with Gasteiger partial charge < -0.3 is 9.63 Å². The molecule has 0 aliphatic carbocycles. The predicted octanol–water partition coefficient (Wildman–Crippen LogP) is 2.24. The van der Waals surface area contributed by atoms with Crippen molar-refractivity contribution in [2.24, 2.45) is 11.0 Å². The summed E-state index contributed by atoms with van der Waals surface area (Å²) < 4.78 is 17.0. The number of rotatable bonds is 7. The van der Waals surface area contributed by atoms with E-state index in [1.165, 1.54) is 6.66 Å². The molecular weight excluding hydrogens is 217 g/mol. The van der Waals surface area contributed by atoms with Crippen LogP contribution in [0.3, 0.4) is 0 Å². The molecule has 0 amide bonds. The Morgan fingerprint density at radius 1 is 1.60 bits per heavy atom. The maximum atomic E-state index is 11.8. The number of nitrogens with zero attached hydrogens (tertiary/aromatic N) is 3. The number of hydrogen-bond donors (Lipinski definition) is 1. The summed E-state index contributed by atoms with van der Waals surface area (Å²) >= 11 is 0. The van der Waals surface area contributed by atoms with E-state index < -0.39 is 13.5 Å². The van der Waals surface area contributed by atoms with Crippen molar-refractivity contribution < 1.29 is 14.2 Å². The lowest BCUT2D eigenvalue weighted by atomic mass is 10.2. The third kappa shape index (κ3) is 8.45. The van der Waals surface area contributed by atoms with Crippen LogP contribution in [0, 0.1) is 5.92 Å². The van der Waals surface area contributed by atoms with Gasteiger partial charge in [-0.25, -0.2) is 0 Å². The van der Waals surface area contributed by atoms with E-state index in [-0.39, 0.29) is 12.7 Å². The second-order valence-electron chi connectivity index (χ2n) is 3.95. The lowest BCUT2D eigenvalue weighted by molar-refractivity contribution is 0.195. The van der Waals surface area contributed by atoms with Crippen molar-refractivity contribution in [3.63, 3.8) is 0 Å². The molecule has 6 nitrogen and oxygen atoms in total. The first-order chi connectivity index (χ1) is 6.87. The molecule has 7 heteroatoms. The predicted molar refractivity (Wildman–Crippen MR) is 59.2 cm³/mol. The zero-order valence-corrected chi connectivity index (χ0v) is 10.2. The topological polar surface area (TPSA) is 95.3 Å². The number of hydrogen-bond acceptors (Lipinski definition) is 4. The Hall–Kier alpha value is -0.540. The Morgan fingerprint density at radius 2 is 2.20 bits per heavy atom. The van der Waals surface area contributed by atoms with Crippen LogP contribution in [-0.2, 0) is 9.09 Å². The molecule has 0 aliphatic rings. The molecule has 1 unspecified atom stereocenters. The highest BCUT2D eigenvalue weighted by Crippen LogP contribution is 2.43. The molecule has 0 aliphatic heterocycles. The normalized spacial score (nSPS) is 16.9. The first-order valence-corrected chi connectivity index (χ1v) is 7.03. The van der Waals surface area contributed by atoms with E-state index >= 15 is 0 Å². The summed E-state index contributed by atoms with van der Waals surface area (Å²) in [7, 11) is -2.78. The van der Waals surface area contributed by atoms with Gasteiger partial charge in [-0.1, -0.05) is 19.0 Å². The highest BCUT2D eigenvalue weighted by Gasteiger charge is 2.21. The summed E-state index contributed by atoms with van der Waals surface area (Å²) in [5.41, 5.74) is 8.04. The molecule has 0 heterocycles. The summed E-state index contributed by atoms with van der Waals surface area (Å²) in [5.74, 6) is 0.299. The molecule has 0 spiro atoms. The van der Waals surface area contributed by atoms with Gasteiger partial charge in [-0.3, -0.25) is 4.57 Å². The maximum absolute atomic E-state index is 11.8. The minimum atomic E-state index is -2.78. The largest absolute Gasteiger partial charge is 0.392 e. The van der Waals surface area contributed by atoms with E-state index in [4.69, 9.17) is 10.1 Å². The van der Waals surface area contributed by atoms with Gasteiger partial charge in [0.2, 0.25) is 7.37 Å². The fourth-order valence-corrected chi connectivity index (χ4v) is 2.53. The lowest BCUT2D eigenvalue weighted by Gasteiger charge is -2.17. The smallest absolute Gasteiger partial charge is 0.202 e. The summed E-state index contributed by atoms with van der Waals surface area (Å²) in [4.78, 5) is 2.51. The number of aliphatic hydroxyl groups is 1. The van der Waals surface area contributed by atoms with Gasteiger partial charge >= 0.3 is 0 Å². The fourth-order valence-electron chi connectivity index (χ4n) is 0.931. The van der Waals surface area contributed by atoms with Gasteiger partial charge in [0.15, 0.2) is 0 Å². The van der Waals surface area contributed by atoms with Crippen molar-refractivity contribution in [3.8, 4) is 0 Å². The fraction of sp³-hybridized carbons (Fsp3) is 1.00. The monoisotopic (exact) mass is 235 g/mol. The molecule has 0 radical (unpaired) electrons. The molecule has 0 fully saturated rings. The van der Waals surface area contributed by atoms with Crippen molar-refractivity contribution >= 4 is 7.37 Å². The Bertz CT molecular complexity index is 276. The molecule has 0 aromatic heterocycles. The van der Waals surface area contributed by atoms with E-state index in [2.05, 4.69) is 10.0 Å². The molecule has 88 valence electrons. The average molecular weight is 235 g/mol. The van der Waals surface area contributed by atoms with Crippen molar-refractivity contribution in [1.82, 2.24) is 0 Å². The summed E-state index contributed by atoms with van der Waals surface area (Å²) in [6.45, 7) is 5.73. The first kappa shape index (κ1) is 14.5. The Labute approximate surface area is 89.7 Å². The van der Waals surface area contributed by atoms with Gasteiger partial charge in [0.25, 0.3) is 0 Å². The molecule has 0 bridgehead atoms. The average Bonchev–Trinajstić information content (AvgIpc) is 2.11. The molecular formula is C8H18N3O3P. The van der Waals surface area contributed by atoms with Crippen LogP contribution in [0.4, 0.5) is 0 Å². The van der Waals surface area contributed by atoms with Crippen LogP contribution >= 0.6 is 7.37 Å². The van der Waals surface area contributed by atoms with Crippen molar-refractivity contribution in [1.29, 1.82) is 0 Å². The molecule has 0 aromatic rings. The quantitative estimate of drug-likeness (QED) is 0.317. The second-order valence-corrected chi connectivity index (χ2v) is 6.61. The minimum absolute atomic E-state index is 0.0265. The van der Waals surface area contributed by atoms with Crippen LogP contribution in [0.1, 0.15) is 13.8 Å². The zero-order valence-electron chi connectivity index (χ0n) is 9.33. The van der Waals surface area contributed by atoms with E-state index in [0.717, 1.165) is 0 Å². The third-order valence-corrected chi connectivity index (χ3v) is 3.36. The summed E-state index contributed by atoms with van der Waals surface area (Å²) in [5, 5.41) is 12.6. The standard InChI is InChI=1S/C8H18N3O3P/c1-7(2)5-14-15(3,13)6-8(12)4-10-11-9/h7-8,12H,4-6H2,1-3H3/t8-,15?/m1/s1. The van der Waals surface area contributed by atoms with Gasteiger partial charge in [-0.05, 0) is 11.4 Å². The van der Waals surface area contributed by atoms with Crippen LogP contribution in [-0.4, -0.2) is 37.2 Å². The molecule has 0 saturated carbocycles. The van der Waals surface area contributed by atoms with E-state index in [9.17, 15) is 9.67 Å². The van der Waals surface area contributed by atoms with Gasteiger partial charge in [-0.2, -0.15) is 0 Å². The molecule has 2 atom stereocenters.